The highest BCUT2D eigenvalue weighted by molar-refractivity contribution is 14.0. The van der Waals surface area contributed by atoms with E-state index in [1.807, 2.05) is 12.1 Å². The second-order valence-electron chi connectivity index (χ2n) is 7.69. The maximum atomic E-state index is 5.50. The van der Waals surface area contributed by atoms with Crippen LogP contribution < -0.4 is 15.4 Å². The minimum Gasteiger partial charge on any atom is -0.475 e. The summed E-state index contributed by atoms with van der Waals surface area (Å²) in [7, 11) is 1.65. The topological polar surface area (TPSA) is 71.0 Å². The van der Waals surface area contributed by atoms with Crippen LogP contribution in [-0.2, 0) is 24.4 Å². The number of aliphatic imine (C=N–C) groups is 1. The van der Waals surface area contributed by atoms with Crippen LogP contribution in [-0.4, -0.2) is 55.8 Å². The number of benzene rings is 1. The van der Waals surface area contributed by atoms with Crippen LogP contribution in [0.2, 0.25) is 0 Å². The number of hydrogen-bond donors (Lipinski definition) is 2. The summed E-state index contributed by atoms with van der Waals surface area (Å²) in [6, 6.07) is 12.7. The third-order valence-corrected chi connectivity index (χ3v) is 5.19. The molecule has 0 bridgehead atoms. The Balaban J connectivity index is 0.00000363. The highest BCUT2D eigenvalue weighted by Crippen LogP contribution is 2.13. The summed E-state index contributed by atoms with van der Waals surface area (Å²) in [5, 5.41) is 6.72. The zero-order chi connectivity index (χ0) is 21.7. The van der Waals surface area contributed by atoms with Gasteiger partial charge in [0.25, 0.3) is 0 Å². The van der Waals surface area contributed by atoms with Crippen LogP contribution in [0.15, 0.2) is 47.6 Å². The van der Waals surface area contributed by atoms with Crippen molar-refractivity contribution in [2.75, 3.05) is 40.0 Å². The largest absolute Gasteiger partial charge is 0.475 e. The number of aromatic nitrogens is 1. The number of nitrogens with zero attached hydrogens (tertiary/aromatic N) is 3. The van der Waals surface area contributed by atoms with Gasteiger partial charge in [-0.25, -0.2) is 9.98 Å². The maximum absolute atomic E-state index is 5.50. The molecule has 2 N–H and O–H groups in total. The third-order valence-electron chi connectivity index (χ3n) is 5.19. The minimum absolute atomic E-state index is 0. The van der Waals surface area contributed by atoms with Gasteiger partial charge in [-0.1, -0.05) is 30.3 Å². The molecule has 0 radical (unpaired) electrons. The number of likely N-dealkylation sites (tertiary alicyclic amines) is 1. The van der Waals surface area contributed by atoms with Crippen molar-refractivity contribution < 1.29 is 9.47 Å². The molecule has 1 aliphatic rings. The van der Waals surface area contributed by atoms with Gasteiger partial charge in [-0.2, -0.15) is 0 Å². The average molecular weight is 553 g/mol. The Labute approximate surface area is 209 Å². The van der Waals surface area contributed by atoms with E-state index >= 15 is 0 Å². The summed E-state index contributed by atoms with van der Waals surface area (Å²) >= 11 is 0. The van der Waals surface area contributed by atoms with Gasteiger partial charge in [0.15, 0.2) is 5.96 Å². The summed E-state index contributed by atoms with van der Waals surface area (Å²) in [5.41, 5.74) is 3.66. The molecule has 1 aliphatic heterocycles. The van der Waals surface area contributed by atoms with E-state index in [0.29, 0.717) is 25.6 Å². The number of methoxy groups -OCH3 is 1. The van der Waals surface area contributed by atoms with Gasteiger partial charge < -0.3 is 20.1 Å². The Morgan fingerprint density at radius 1 is 1.00 bits per heavy atom. The van der Waals surface area contributed by atoms with E-state index in [2.05, 4.69) is 56.7 Å². The van der Waals surface area contributed by atoms with Crippen molar-refractivity contribution in [3.8, 4) is 5.88 Å². The summed E-state index contributed by atoms with van der Waals surface area (Å²) in [5.74, 6) is 1.40. The molecule has 0 unspecified atom stereocenters. The standard InChI is InChI=1S/C24H35N5O2.HI/c1-3-25-24(28-18-22-10-11-23(26-17-22)31-15-14-30-2)27-16-20-6-8-21(9-7-20)19-29-12-4-5-13-29;/h6-11,17H,3-5,12-16,18-19H2,1-2H3,(H2,25,27,28);1H. The summed E-state index contributed by atoms with van der Waals surface area (Å²) in [6.07, 6.45) is 4.46. The average Bonchev–Trinajstić information content (AvgIpc) is 3.31. The van der Waals surface area contributed by atoms with Gasteiger partial charge >= 0.3 is 0 Å². The highest BCUT2D eigenvalue weighted by Gasteiger charge is 2.11. The predicted octanol–water partition coefficient (Wildman–Crippen LogP) is 3.58. The smallest absolute Gasteiger partial charge is 0.213 e. The molecule has 32 heavy (non-hydrogen) atoms. The molecule has 1 saturated heterocycles. The number of pyridine rings is 1. The monoisotopic (exact) mass is 553 g/mol. The normalized spacial score (nSPS) is 14.1. The van der Waals surface area contributed by atoms with Crippen molar-refractivity contribution in [1.29, 1.82) is 0 Å². The number of halogens is 1. The van der Waals surface area contributed by atoms with E-state index in [9.17, 15) is 0 Å². The third kappa shape index (κ3) is 9.30. The molecule has 2 aromatic rings. The van der Waals surface area contributed by atoms with Crippen molar-refractivity contribution in [3.05, 3.63) is 59.3 Å². The molecule has 0 spiro atoms. The number of hydrogen-bond acceptors (Lipinski definition) is 5. The Bertz CT molecular complexity index is 793. The summed E-state index contributed by atoms with van der Waals surface area (Å²) in [6.45, 7) is 8.72. The number of rotatable bonds is 11. The van der Waals surface area contributed by atoms with E-state index in [1.54, 1.807) is 13.3 Å². The van der Waals surface area contributed by atoms with E-state index in [-0.39, 0.29) is 24.0 Å². The fourth-order valence-electron chi connectivity index (χ4n) is 3.48. The van der Waals surface area contributed by atoms with Crippen LogP contribution in [0.1, 0.15) is 36.5 Å². The Hall–Kier alpha value is -1.91. The van der Waals surface area contributed by atoms with E-state index < -0.39 is 0 Å². The van der Waals surface area contributed by atoms with Gasteiger partial charge in [0, 0.05) is 39.0 Å². The first kappa shape index (κ1) is 26.3. The molecule has 8 heteroatoms. The van der Waals surface area contributed by atoms with Crippen LogP contribution in [0.5, 0.6) is 5.88 Å². The first-order valence-corrected chi connectivity index (χ1v) is 11.2. The van der Waals surface area contributed by atoms with Crippen LogP contribution in [0.25, 0.3) is 0 Å². The molecule has 3 rings (SSSR count). The highest BCUT2D eigenvalue weighted by atomic mass is 127. The predicted molar refractivity (Wildman–Crippen MR) is 140 cm³/mol. The van der Waals surface area contributed by atoms with Crippen LogP contribution in [0.3, 0.4) is 0 Å². The molecule has 0 atom stereocenters. The lowest BCUT2D eigenvalue weighted by Crippen LogP contribution is -2.36. The maximum Gasteiger partial charge on any atom is 0.213 e. The fraction of sp³-hybridized carbons (Fsp3) is 0.500. The molecule has 0 aliphatic carbocycles. The van der Waals surface area contributed by atoms with E-state index in [4.69, 9.17) is 9.47 Å². The zero-order valence-electron chi connectivity index (χ0n) is 19.2. The van der Waals surface area contributed by atoms with Crippen LogP contribution in [0, 0.1) is 0 Å². The van der Waals surface area contributed by atoms with Crippen molar-refractivity contribution in [2.24, 2.45) is 4.99 Å². The number of guanidine groups is 1. The molecule has 0 amide bonds. The molecule has 0 saturated carbocycles. The molecular formula is C24H36IN5O2. The summed E-state index contributed by atoms with van der Waals surface area (Å²) in [4.78, 5) is 11.5. The molecule has 7 nitrogen and oxygen atoms in total. The van der Waals surface area contributed by atoms with E-state index in [1.165, 1.54) is 37.1 Å². The lowest BCUT2D eigenvalue weighted by atomic mass is 10.1. The van der Waals surface area contributed by atoms with Crippen molar-refractivity contribution in [2.45, 2.75) is 39.4 Å². The van der Waals surface area contributed by atoms with Crippen molar-refractivity contribution in [1.82, 2.24) is 20.5 Å². The van der Waals surface area contributed by atoms with Gasteiger partial charge in [-0.15, -0.1) is 24.0 Å². The molecule has 1 aromatic carbocycles. The Morgan fingerprint density at radius 3 is 2.38 bits per heavy atom. The number of nitrogens with one attached hydrogen (secondary N) is 2. The molecule has 176 valence electrons. The quantitative estimate of drug-likeness (QED) is 0.192. The van der Waals surface area contributed by atoms with Gasteiger partial charge in [-0.05, 0) is 49.5 Å². The first-order chi connectivity index (χ1) is 15.3. The zero-order valence-corrected chi connectivity index (χ0v) is 21.5. The van der Waals surface area contributed by atoms with Crippen LogP contribution >= 0.6 is 24.0 Å². The molecule has 1 fully saturated rings. The fourth-order valence-corrected chi connectivity index (χ4v) is 3.48. The van der Waals surface area contributed by atoms with Gasteiger partial charge in [0.1, 0.15) is 6.61 Å². The Kier molecular flexibility index (Phi) is 12.4. The second-order valence-corrected chi connectivity index (χ2v) is 7.69. The SMILES string of the molecule is CCNC(=NCc1ccc(OCCOC)nc1)NCc1ccc(CN2CCCC2)cc1.I. The lowest BCUT2D eigenvalue weighted by molar-refractivity contribution is 0.143. The lowest BCUT2D eigenvalue weighted by Gasteiger charge is -2.15. The molecule has 1 aromatic heterocycles. The Morgan fingerprint density at radius 2 is 1.72 bits per heavy atom. The summed E-state index contributed by atoms with van der Waals surface area (Å²) < 4.78 is 10.5. The van der Waals surface area contributed by atoms with Crippen LogP contribution in [0.4, 0.5) is 0 Å². The van der Waals surface area contributed by atoms with Crippen molar-refractivity contribution in [3.63, 3.8) is 0 Å². The molecule has 2 heterocycles. The number of ether oxygens (including phenoxy) is 2. The van der Waals surface area contributed by atoms with Gasteiger partial charge in [0.05, 0.1) is 13.2 Å². The van der Waals surface area contributed by atoms with Gasteiger partial charge in [0.2, 0.25) is 5.88 Å². The first-order valence-electron chi connectivity index (χ1n) is 11.2. The minimum atomic E-state index is 0. The van der Waals surface area contributed by atoms with Gasteiger partial charge in [-0.3, -0.25) is 4.90 Å². The van der Waals surface area contributed by atoms with E-state index in [0.717, 1.165) is 31.2 Å². The second kappa shape index (κ2) is 15.0. The molecular weight excluding hydrogens is 517 g/mol. The van der Waals surface area contributed by atoms with Crippen molar-refractivity contribution >= 4 is 29.9 Å².